The highest BCUT2D eigenvalue weighted by atomic mass is 16.3. The molecule has 4 aliphatic carbocycles. The fourth-order valence-electron chi connectivity index (χ4n) is 10.3. The highest BCUT2D eigenvalue weighted by molar-refractivity contribution is 5.21. The van der Waals surface area contributed by atoms with Crippen molar-refractivity contribution >= 4 is 0 Å². The third kappa shape index (κ3) is 4.37. The summed E-state index contributed by atoms with van der Waals surface area (Å²) in [6.45, 7) is 9.65. The molecule has 0 saturated heterocycles. The first kappa shape index (κ1) is 25.3. The first-order chi connectivity index (χ1) is 16.6. The molecule has 0 aromatic carbocycles. The lowest BCUT2D eigenvalue weighted by atomic mass is 9.41. The van der Waals surface area contributed by atoms with Gasteiger partial charge in [0.2, 0.25) is 0 Å². The van der Waals surface area contributed by atoms with Crippen molar-refractivity contribution in [2.45, 2.75) is 116 Å². The second-order valence-corrected chi connectivity index (χ2v) is 13.6. The summed E-state index contributed by atoms with van der Waals surface area (Å²) >= 11 is 0. The van der Waals surface area contributed by atoms with Gasteiger partial charge >= 0.3 is 0 Å². The van der Waals surface area contributed by atoms with Gasteiger partial charge in [-0.15, -0.1) is 0 Å². The molecular weight excluding hydrogens is 434 g/mol. The van der Waals surface area contributed by atoms with Crippen LogP contribution in [-0.2, 0) is 6.54 Å². The van der Waals surface area contributed by atoms with Crippen LogP contribution in [0, 0.1) is 58.2 Å². The predicted molar refractivity (Wildman–Crippen MR) is 137 cm³/mol. The van der Waals surface area contributed by atoms with Crippen molar-refractivity contribution in [2.24, 2.45) is 46.8 Å². The Morgan fingerprint density at radius 3 is 2.63 bits per heavy atom. The summed E-state index contributed by atoms with van der Waals surface area (Å²) in [6, 6.07) is 2.16. The molecule has 194 valence electrons. The average Bonchev–Trinajstić information content (AvgIpc) is 3.24. The van der Waals surface area contributed by atoms with Crippen molar-refractivity contribution in [3.63, 3.8) is 0 Å². The predicted octanol–water partition coefficient (Wildman–Crippen LogP) is 5.94. The lowest BCUT2D eigenvalue weighted by Crippen LogP contribution is -2.60. The molecular formula is C30H47N3O2. The van der Waals surface area contributed by atoms with Gasteiger partial charge in [0.15, 0.2) is 0 Å². The van der Waals surface area contributed by atoms with Crippen LogP contribution in [-0.4, -0.2) is 31.2 Å². The number of nitriles is 1. The maximum absolute atomic E-state index is 11.9. The van der Waals surface area contributed by atoms with E-state index in [2.05, 4.69) is 31.9 Å². The van der Waals surface area contributed by atoms with Crippen molar-refractivity contribution in [1.82, 2.24) is 9.78 Å². The lowest BCUT2D eigenvalue weighted by molar-refractivity contribution is -0.185. The van der Waals surface area contributed by atoms with E-state index in [9.17, 15) is 15.5 Å². The molecule has 1 heterocycles. The van der Waals surface area contributed by atoms with E-state index in [1.807, 2.05) is 6.92 Å². The standard InChI is InChI=1S/C30H47N3O2/c1-5-12-30(35)14-11-23-22(15-30)7-8-25-24(23)10-13-28(3)26(9-6-20(2)27(25)28)29(4,34)19-33-18-21(16-31)17-32-33/h17-18,20,22-27,34-35H,5-15,19H2,1-4H3/t20-,22-,23+,24-,25-,26+,27+,28-,29-,30-/m1/s1. The van der Waals surface area contributed by atoms with Gasteiger partial charge in [-0.2, -0.15) is 10.4 Å². The zero-order chi connectivity index (χ0) is 25.0. The zero-order valence-electron chi connectivity index (χ0n) is 22.4. The van der Waals surface area contributed by atoms with Crippen LogP contribution >= 0.6 is 0 Å². The quantitative estimate of drug-likeness (QED) is 0.545. The third-order valence-corrected chi connectivity index (χ3v) is 11.4. The van der Waals surface area contributed by atoms with Gasteiger partial charge in [-0.25, -0.2) is 0 Å². The van der Waals surface area contributed by atoms with Gasteiger partial charge in [0.1, 0.15) is 6.07 Å². The first-order valence-electron chi connectivity index (χ1n) is 14.5. The molecule has 0 radical (unpaired) electrons. The van der Waals surface area contributed by atoms with Crippen molar-refractivity contribution < 1.29 is 10.2 Å². The molecule has 4 saturated carbocycles. The Labute approximate surface area is 212 Å². The number of nitrogens with zero attached hydrogens (tertiary/aromatic N) is 3. The van der Waals surface area contributed by atoms with E-state index in [4.69, 9.17) is 0 Å². The van der Waals surface area contributed by atoms with Crippen LogP contribution in [0.5, 0.6) is 0 Å². The second kappa shape index (κ2) is 9.18. The number of rotatable bonds is 5. The van der Waals surface area contributed by atoms with Gasteiger partial charge in [0, 0.05) is 6.20 Å². The number of hydrogen-bond donors (Lipinski definition) is 2. The summed E-state index contributed by atoms with van der Waals surface area (Å²) in [7, 11) is 0. The Balaban J connectivity index is 1.36. The molecule has 0 spiro atoms. The number of fused-ring (bicyclic) bond motifs is 5. The normalized spacial score (nSPS) is 44.9. The van der Waals surface area contributed by atoms with Crippen LogP contribution in [0.15, 0.2) is 12.4 Å². The minimum atomic E-state index is -0.850. The fourth-order valence-corrected chi connectivity index (χ4v) is 10.3. The molecule has 5 heteroatoms. The van der Waals surface area contributed by atoms with Crippen LogP contribution in [0.1, 0.15) is 104 Å². The van der Waals surface area contributed by atoms with Crippen molar-refractivity contribution in [2.75, 3.05) is 0 Å². The second-order valence-electron chi connectivity index (χ2n) is 13.6. The number of hydrogen-bond acceptors (Lipinski definition) is 4. The highest BCUT2D eigenvalue weighted by Gasteiger charge is 2.60. The van der Waals surface area contributed by atoms with E-state index in [0.717, 1.165) is 49.9 Å². The maximum Gasteiger partial charge on any atom is 0.102 e. The van der Waals surface area contributed by atoms with Gasteiger partial charge in [-0.05, 0) is 112 Å². The minimum Gasteiger partial charge on any atom is -0.390 e. The summed E-state index contributed by atoms with van der Waals surface area (Å²) in [4.78, 5) is 0. The van der Waals surface area contributed by atoms with E-state index < -0.39 is 11.2 Å². The Kier molecular flexibility index (Phi) is 6.63. The molecule has 4 fully saturated rings. The number of aromatic nitrogens is 2. The monoisotopic (exact) mass is 481 g/mol. The van der Waals surface area contributed by atoms with Gasteiger partial charge in [-0.1, -0.05) is 33.6 Å². The summed E-state index contributed by atoms with van der Waals surface area (Å²) < 4.78 is 1.77. The Bertz CT molecular complexity index is 950. The fraction of sp³-hybridized carbons (Fsp3) is 0.867. The van der Waals surface area contributed by atoms with Crippen molar-refractivity contribution in [1.29, 1.82) is 5.26 Å². The van der Waals surface area contributed by atoms with Gasteiger partial charge in [0.05, 0.1) is 29.5 Å². The third-order valence-electron chi connectivity index (χ3n) is 11.4. The Morgan fingerprint density at radius 2 is 1.91 bits per heavy atom. The molecule has 4 aliphatic rings. The summed E-state index contributed by atoms with van der Waals surface area (Å²) in [5.74, 6) is 4.66. The summed E-state index contributed by atoms with van der Waals surface area (Å²) in [5, 5.41) is 36.6. The molecule has 0 unspecified atom stereocenters. The largest absolute Gasteiger partial charge is 0.390 e. The zero-order valence-corrected chi connectivity index (χ0v) is 22.4. The Morgan fingerprint density at radius 1 is 1.14 bits per heavy atom. The van der Waals surface area contributed by atoms with Crippen LogP contribution in [0.25, 0.3) is 0 Å². The molecule has 0 amide bonds. The SMILES string of the molecule is CCC[C@@]1(O)CC[C@H]2[C@H](CC[C@@H]3[C@@H]2CC[C@@]2(C)[C@H]3[C@H](C)CC[C@@H]2[C@](C)(O)Cn2cc(C#N)cn2)C1. The molecule has 10 atom stereocenters. The van der Waals surface area contributed by atoms with Crippen LogP contribution in [0.2, 0.25) is 0 Å². The Hall–Kier alpha value is -1.38. The van der Waals surface area contributed by atoms with E-state index in [1.165, 1.54) is 38.5 Å². The van der Waals surface area contributed by atoms with Crippen molar-refractivity contribution in [3.8, 4) is 6.07 Å². The van der Waals surface area contributed by atoms with Gasteiger partial charge in [0.25, 0.3) is 0 Å². The van der Waals surface area contributed by atoms with Crippen LogP contribution in [0.4, 0.5) is 0 Å². The van der Waals surface area contributed by atoms with Crippen LogP contribution < -0.4 is 0 Å². The molecule has 2 N–H and O–H groups in total. The van der Waals surface area contributed by atoms with E-state index >= 15 is 0 Å². The maximum atomic E-state index is 11.9. The van der Waals surface area contributed by atoms with Gasteiger partial charge < -0.3 is 10.2 Å². The van der Waals surface area contributed by atoms with Crippen molar-refractivity contribution in [3.05, 3.63) is 18.0 Å². The molecule has 1 aromatic rings. The number of aliphatic hydroxyl groups is 2. The smallest absolute Gasteiger partial charge is 0.102 e. The molecule has 5 nitrogen and oxygen atoms in total. The van der Waals surface area contributed by atoms with Gasteiger partial charge in [-0.3, -0.25) is 4.68 Å². The summed E-state index contributed by atoms with van der Waals surface area (Å²) in [5.41, 5.74) is -0.570. The van der Waals surface area contributed by atoms with E-state index in [-0.39, 0.29) is 11.3 Å². The topological polar surface area (TPSA) is 82.1 Å². The molecule has 5 rings (SSSR count). The molecule has 1 aromatic heterocycles. The van der Waals surface area contributed by atoms with E-state index in [1.54, 1.807) is 17.1 Å². The first-order valence-corrected chi connectivity index (χ1v) is 14.5. The van der Waals surface area contributed by atoms with E-state index in [0.29, 0.717) is 29.9 Å². The lowest BCUT2D eigenvalue weighted by Gasteiger charge is -2.64. The molecule has 35 heavy (non-hydrogen) atoms. The summed E-state index contributed by atoms with van der Waals surface area (Å²) in [6.07, 6.45) is 16.0. The molecule has 0 aliphatic heterocycles. The minimum absolute atomic E-state index is 0.137. The molecule has 0 bridgehead atoms. The highest BCUT2D eigenvalue weighted by Crippen LogP contribution is 2.66. The van der Waals surface area contributed by atoms with Crippen LogP contribution in [0.3, 0.4) is 0 Å². The average molecular weight is 482 g/mol.